The van der Waals surface area contributed by atoms with Gasteiger partial charge in [0.2, 0.25) is 11.8 Å². The van der Waals surface area contributed by atoms with Gasteiger partial charge in [-0.15, -0.1) is 0 Å². The van der Waals surface area contributed by atoms with Crippen LogP contribution in [-0.4, -0.2) is 60.7 Å². The molecule has 8 nitrogen and oxygen atoms in total. The van der Waals surface area contributed by atoms with E-state index in [1.165, 1.54) is 12.8 Å². The molecule has 0 bridgehead atoms. The molecule has 4 aliphatic heterocycles. The zero-order valence-corrected chi connectivity index (χ0v) is 16.1. The first-order valence-corrected chi connectivity index (χ1v) is 10.3. The van der Waals surface area contributed by atoms with Crippen molar-refractivity contribution in [1.29, 1.82) is 0 Å². The number of nitrogens with zero attached hydrogens (tertiary/aromatic N) is 2. The number of benzene rings is 1. The molecule has 1 aromatic carbocycles. The van der Waals surface area contributed by atoms with Gasteiger partial charge in [-0.05, 0) is 62.4 Å². The standard InChI is InChI=1S/C21H24N4O4.CH4/c26-18-4-3-17(19(27)23-18)25-20(28)15-2-1-14(9-16(15)21(25)29)24-10-13(11-24)12-5-7-22-8-6-12;/h1-2,9,12-13,17,22H,3-8,10-11H2,(H,23,26,27);1H4. The van der Waals surface area contributed by atoms with Crippen molar-refractivity contribution < 1.29 is 19.2 Å². The van der Waals surface area contributed by atoms with Gasteiger partial charge in [-0.3, -0.25) is 29.4 Å². The molecule has 4 amide bonds. The normalized spacial score (nSPS) is 25.0. The third-order valence-electron chi connectivity index (χ3n) is 6.75. The van der Waals surface area contributed by atoms with E-state index in [4.69, 9.17) is 0 Å². The second-order valence-electron chi connectivity index (χ2n) is 8.43. The van der Waals surface area contributed by atoms with E-state index in [-0.39, 0.29) is 26.2 Å². The van der Waals surface area contributed by atoms with Crippen molar-refractivity contribution in [2.24, 2.45) is 11.8 Å². The van der Waals surface area contributed by atoms with Gasteiger partial charge in [-0.1, -0.05) is 7.43 Å². The van der Waals surface area contributed by atoms with Gasteiger partial charge in [-0.25, -0.2) is 0 Å². The van der Waals surface area contributed by atoms with Crippen molar-refractivity contribution in [3.8, 4) is 0 Å². The molecule has 4 heterocycles. The van der Waals surface area contributed by atoms with Crippen molar-refractivity contribution in [3.05, 3.63) is 29.3 Å². The van der Waals surface area contributed by atoms with Crippen molar-refractivity contribution >= 4 is 29.3 Å². The Labute approximate surface area is 176 Å². The number of carbonyl (C=O) groups excluding carboxylic acids is 4. The Hall–Kier alpha value is -2.74. The maximum absolute atomic E-state index is 12.9. The summed E-state index contributed by atoms with van der Waals surface area (Å²) in [7, 11) is 0. The number of piperidine rings is 2. The lowest BCUT2D eigenvalue weighted by molar-refractivity contribution is -0.136. The summed E-state index contributed by atoms with van der Waals surface area (Å²) < 4.78 is 0. The smallest absolute Gasteiger partial charge is 0.262 e. The first-order chi connectivity index (χ1) is 14.0. The number of hydrogen-bond acceptors (Lipinski definition) is 6. The highest BCUT2D eigenvalue weighted by atomic mass is 16.2. The third-order valence-corrected chi connectivity index (χ3v) is 6.75. The number of imide groups is 2. The SMILES string of the molecule is C.O=C1CCC(N2C(=O)c3ccc(N4CC(C5CCNCC5)C4)cc3C2=O)C(=O)N1. The van der Waals surface area contributed by atoms with Crippen molar-refractivity contribution in [1.82, 2.24) is 15.5 Å². The summed E-state index contributed by atoms with van der Waals surface area (Å²) in [6, 6.07) is 4.43. The second kappa shape index (κ2) is 7.83. The fraction of sp³-hybridized carbons (Fsp3) is 0.545. The van der Waals surface area contributed by atoms with Crippen LogP contribution in [0.4, 0.5) is 5.69 Å². The summed E-state index contributed by atoms with van der Waals surface area (Å²) in [5, 5.41) is 5.62. The van der Waals surface area contributed by atoms with Crippen LogP contribution in [0, 0.1) is 11.8 Å². The minimum Gasteiger partial charge on any atom is -0.371 e. The van der Waals surface area contributed by atoms with Crippen LogP contribution < -0.4 is 15.5 Å². The van der Waals surface area contributed by atoms with Gasteiger partial charge in [-0.2, -0.15) is 0 Å². The van der Waals surface area contributed by atoms with Crippen molar-refractivity contribution in [3.63, 3.8) is 0 Å². The molecule has 3 fully saturated rings. The van der Waals surface area contributed by atoms with Gasteiger partial charge >= 0.3 is 0 Å². The van der Waals surface area contributed by atoms with Crippen LogP contribution in [0.15, 0.2) is 18.2 Å². The number of amides is 4. The van der Waals surface area contributed by atoms with Crippen molar-refractivity contribution in [2.45, 2.75) is 39.2 Å². The zero-order valence-electron chi connectivity index (χ0n) is 16.1. The quantitative estimate of drug-likeness (QED) is 0.723. The Kier molecular flexibility index (Phi) is 5.36. The number of fused-ring (bicyclic) bond motifs is 1. The van der Waals surface area contributed by atoms with Gasteiger partial charge < -0.3 is 10.2 Å². The highest BCUT2D eigenvalue weighted by molar-refractivity contribution is 6.23. The molecule has 0 radical (unpaired) electrons. The molecule has 5 rings (SSSR count). The molecule has 1 atom stereocenters. The summed E-state index contributed by atoms with van der Waals surface area (Å²) in [5.74, 6) is -0.412. The van der Waals surface area contributed by atoms with Crippen molar-refractivity contribution in [2.75, 3.05) is 31.1 Å². The Balaban J connectivity index is 0.00000218. The van der Waals surface area contributed by atoms with E-state index in [2.05, 4.69) is 15.5 Å². The van der Waals surface area contributed by atoms with E-state index in [1.807, 2.05) is 6.07 Å². The minimum atomic E-state index is -0.920. The molecule has 30 heavy (non-hydrogen) atoms. The van der Waals surface area contributed by atoms with Gasteiger partial charge in [0.25, 0.3) is 11.8 Å². The van der Waals surface area contributed by atoms with E-state index < -0.39 is 23.8 Å². The average molecular weight is 412 g/mol. The maximum Gasteiger partial charge on any atom is 0.262 e. The van der Waals surface area contributed by atoms with Crippen LogP contribution in [-0.2, 0) is 9.59 Å². The first-order valence-electron chi connectivity index (χ1n) is 10.3. The molecule has 1 aromatic rings. The Bertz CT molecular complexity index is 902. The number of hydrogen-bond donors (Lipinski definition) is 2. The highest BCUT2D eigenvalue weighted by Crippen LogP contribution is 2.36. The molecule has 0 aromatic heterocycles. The van der Waals surface area contributed by atoms with E-state index in [1.54, 1.807) is 12.1 Å². The lowest BCUT2D eigenvalue weighted by Gasteiger charge is -2.46. The lowest BCUT2D eigenvalue weighted by atomic mass is 9.80. The van der Waals surface area contributed by atoms with Gasteiger partial charge in [0, 0.05) is 25.2 Å². The maximum atomic E-state index is 12.9. The monoisotopic (exact) mass is 412 g/mol. The lowest BCUT2D eigenvalue weighted by Crippen LogP contribution is -2.54. The van der Waals surface area contributed by atoms with E-state index >= 15 is 0 Å². The van der Waals surface area contributed by atoms with E-state index in [0.29, 0.717) is 17.0 Å². The largest absolute Gasteiger partial charge is 0.371 e. The number of nitrogens with one attached hydrogen (secondary N) is 2. The predicted molar refractivity (Wildman–Crippen MR) is 111 cm³/mol. The number of carbonyl (C=O) groups is 4. The molecule has 0 saturated carbocycles. The fourth-order valence-electron chi connectivity index (χ4n) is 4.99. The van der Waals surface area contributed by atoms with Crippen LogP contribution >= 0.6 is 0 Å². The third kappa shape index (κ3) is 3.29. The van der Waals surface area contributed by atoms with Crippen LogP contribution in [0.1, 0.15) is 53.8 Å². The zero-order chi connectivity index (χ0) is 20.1. The Morgan fingerprint density at radius 1 is 0.867 bits per heavy atom. The molecule has 8 heteroatoms. The van der Waals surface area contributed by atoms with Crippen LogP contribution in [0.5, 0.6) is 0 Å². The molecule has 160 valence electrons. The number of anilines is 1. The van der Waals surface area contributed by atoms with E-state index in [9.17, 15) is 19.2 Å². The molecule has 4 aliphatic rings. The Morgan fingerprint density at radius 2 is 1.57 bits per heavy atom. The van der Waals surface area contributed by atoms with Crippen LogP contribution in [0.3, 0.4) is 0 Å². The van der Waals surface area contributed by atoms with Crippen LogP contribution in [0.2, 0.25) is 0 Å². The summed E-state index contributed by atoms with van der Waals surface area (Å²) >= 11 is 0. The summed E-state index contributed by atoms with van der Waals surface area (Å²) in [4.78, 5) is 52.5. The van der Waals surface area contributed by atoms with Crippen LogP contribution in [0.25, 0.3) is 0 Å². The predicted octanol–water partition coefficient (Wildman–Crippen LogP) is 1.16. The highest BCUT2D eigenvalue weighted by Gasteiger charge is 2.45. The summed E-state index contributed by atoms with van der Waals surface area (Å²) in [5.41, 5.74) is 1.63. The molecule has 1 unspecified atom stereocenters. The fourth-order valence-corrected chi connectivity index (χ4v) is 4.99. The molecule has 2 N–H and O–H groups in total. The van der Waals surface area contributed by atoms with Gasteiger partial charge in [0.05, 0.1) is 11.1 Å². The topological polar surface area (TPSA) is 98.8 Å². The Morgan fingerprint density at radius 3 is 2.27 bits per heavy atom. The average Bonchev–Trinajstić information content (AvgIpc) is 2.92. The molecule has 3 saturated heterocycles. The molecule has 0 aliphatic carbocycles. The summed E-state index contributed by atoms with van der Waals surface area (Å²) in [6.45, 7) is 4.13. The minimum absolute atomic E-state index is 0. The van der Waals surface area contributed by atoms with Gasteiger partial charge in [0.15, 0.2) is 0 Å². The van der Waals surface area contributed by atoms with Gasteiger partial charge in [0.1, 0.15) is 6.04 Å². The second-order valence-corrected chi connectivity index (χ2v) is 8.43. The summed E-state index contributed by atoms with van der Waals surface area (Å²) in [6.07, 6.45) is 2.74. The molecular formula is C22H28N4O4. The van der Waals surface area contributed by atoms with E-state index in [0.717, 1.165) is 42.7 Å². The first kappa shape index (κ1) is 20.5. The molecular weight excluding hydrogens is 384 g/mol. The molecule has 0 spiro atoms. The number of rotatable bonds is 3.